The van der Waals surface area contributed by atoms with Crippen LogP contribution in [0.3, 0.4) is 0 Å². The molecule has 1 aliphatic rings. The van der Waals surface area contributed by atoms with Gasteiger partial charge in [0.25, 0.3) is 5.56 Å². The molecule has 1 aliphatic heterocycles. The molecule has 2 heterocycles. The molecule has 1 atom stereocenters. The van der Waals surface area contributed by atoms with Crippen molar-refractivity contribution in [3.8, 4) is 5.75 Å². The number of hydrogen-bond donors (Lipinski definition) is 1. The van der Waals surface area contributed by atoms with Gasteiger partial charge in [0.15, 0.2) is 0 Å². The highest BCUT2D eigenvalue weighted by molar-refractivity contribution is 5.40. The van der Waals surface area contributed by atoms with Crippen LogP contribution in [0.5, 0.6) is 5.75 Å². The standard InChI is InChI=1S/C15H17N3O2/c1-10-3-4-14-11(5-10)6-13(20-14)9-18-15(19)7-12(16-2)8-17-18/h3-5,7-8,13,16H,6,9H2,1-2H3. The van der Waals surface area contributed by atoms with Gasteiger partial charge in [0.2, 0.25) is 0 Å². The monoisotopic (exact) mass is 271 g/mol. The van der Waals surface area contributed by atoms with E-state index in [2.05, 4.69) is 23.4 Å². The summed E-state index contributed by atoms with van der Waals surface area (Å²) in [6.45, 7) is 2.53. The number of rotatable bonds is 3. The van der Waals surface area contributed by atoms with E-state index in [4.69, 9.17) is 4.74 Å². The molecule has 0 bridgehead atoms. The van der Waals surface area contributed by atoms with Crippen LogP contribution in [0.4, 0.5) is 5.69 Å². The molecule has 0 saturated carbocycles. The fraction of sp³-hybridized carbons (Fsp3) is 0.333. The average molecular weight is 271 g/mol. The summed E-state index contributed by atoms with van der Waals surface area (Å²) in [6, 6.07) is 7.70. The summed E-state index contributed by atoms with van der Waals surface area (Å²) >= 11 is 0. The Kier molecular flexibility index (Phi) is 3.18. The van der Waals surface area contributed by atoms with E-state index in [0.717, 1.165) is 17.9 Å². The van der Waals surface area contributed by atoms with Crippen molar-refractivity contribution in [1.82, 2.24) is 9.78 Å². The predicted molar refractivity (Wildman–Crippen MR) is 77.3 cm³/mol. The minimum atomic E-state index is -0.118. The van der Waals surface area contributed by atoms with Gasteiger partial charge < -0.3 is 10.1 Å². The number of ether oxygens (including phenoxy) is 1. The minimum absolute atomic E-state index is 0.0302. The maximum Gasteiger partial charge on any atom is 0.268 e. The third kappa shape index (κ3) is 2.39. The van der Waals surface area contributed by atoms with Crippen LogP contribution >= 0.6 is 0 Å². The van der Waals surface area contributed by atoms with E-state index in [1.165, 1.54) is 15.8 Å². The minimum Gasteiger partial charge on any atom is -0.488 e. The molecule has 1 N–H and O–H groups in total. The predicted octanol–water partition coefficient (Wildman–Crippen LogP) is 1.60. The van der Waals surface area contributed by atoms with Crippen molar-refractivity contribution < 1.29 is 4.74 Å². The topological polar surface area (TPSA) is 56.1 Å². The SMILES string of the molecule is CNc1cnn(CC2Cc3cc(C)ccc3O2)c(=O)c1. The summed E-state index contributed by atoms with van der Waals surface area (Å²) in [5.74, 6) is 0.917. The van der Waals surface area contributed by atoms with E-state index >= 15 is 0 Å². The fourth-order valence-corrected chi connectivity index (χ4v) is 2.45. The lowest BCUT2D eigenvalue weighted by Gasteiger charge is -2.12. The maximum absolute atomic E-state index is 11.9. The molecule has 0 amide bonds. The Morgan fingerprint density at radius 3 is 3.05 bits per heavy atom. The number of aromatic nitrogens is 2. The third-order valence-corrected chi connectivity index (χ3v) is 3.49. The molecule has 104 valence electrons. The summed E-state index contributed by atoms with van der Waals surface area (Å²) < 4.78 is 7.31. The fourth-order valence-electron chi connectivity index (χ4n) is 2.45. The summed E-state index contributed by atoms with van der Waals surface area (Å²) in [6.07, 6.45) is 2.43. The van der Waals surface area contributed by atoms with Crippen LogP contribution in [0.25, 0.3) is 0 Å². The molecular formula is C15H17N3O2. The zero-order valence-electron chi connectivity index (χ0n) is 11.6. The summed E-state index contributed by atoms with van der Waals surface area (Å²) in [5.41, 5.74) is 3.03. The van der Waals surface area contributed by atoms with Gasteiger partial charge in [0.1, 0.15) is 11.9 Å². The van der Waals surface area contributed by atoms with Crippen molar-refractivity contribution in [1.29, 1.82) is 0 Å². The summed E-state index contributed by atoms with van der Waals surface area (Å²) in [5, 5.41) is 7.06. The molecule has 20 heavy (non-hydrogen) atoms. The molecule has 5 nitrogen and oxygen atoms in total. The number of nitrogens with one attached hydrogen (secondary N) is 1. The van der Waals surface area contributed by atoms with Crippen LogP contribution in [0, 0.1) is 6.92 Å². The number of hydrogen-bond acceptors (Lipinski definition) is 4. The zero-order valence-corrected chi connectivity index (χ0v) is 11.6. The van der Waals surface area contributed by atoms with Gasteiger partial charge in [-0.05, 0) is 18.6 Å². The van der Waals surface area contributed by atoms with Crippen molar-refractivity contribution in [3.63, 3.8) is 0 Å². The Morgan fingerprint density at radius 1 is 1.45 bits per heavy atom. The van der Waals surface area contributed by atoms with Crippen LogP contribution in [0.2, 0.25) is 0 Å². The third-order valence-electron chi connectivity index (χ3n) is 3.49. The smallest absolute Gasteiger partial charge is 0.268 e. The molecule has 0 fully saturated rings. The molecule has 1 unspecified atom stereocenters. The first-order valence-corrected chi connectivity index (χ1v) is 6.67. The molecule has 1 aromatic carbocycles. The van der Waals surface area contributed by atoms with Gasteiger partial charge in [0, 0.05) is 19.5 Å². The second-order valence-corrected chi connectivity index (χ2v) is 5.07. The average Bonchev–Trinajstić information content (AvgIpc) is 2.82. The first-order valence-electron chi connectivity index (χ1n) is 6.67. The van der Waals surface area contributed by atoms with E-state index in [1.54, 1.807) is 19.3 Å². The Morgan fingerprint density at radius 2 is 2.30 bits per heavy atom. The van der Waals surface area contributed by atoms with E-state index in [0.29, 0.717) is 6.54 Å². The highest BCUT2D eigenvalue weighted by Gasteiger charge is 2.23. The molecule has 1 aromatic heterocycles. The quantitative estimate of drug-likeness (QED) is 0.921. The molecular weight excluding hydrogens is 254 g/mol. The van der Waals surface area contributed by atoms with Crippen molar-refractivity contribution in [2.24, 2.45) is 0 Å². The van der Waals surface area contributed by atoms with Gasteiger partial charge in [-0.15, -0.1) is 0 Å². The van der Waals surface area contributed by atoms with Crippen molar-refractivity contribution in [2.45, 2.75) is 26.0 Å². The lowest BCUT2D eigenvalue weighted by atomic mass is 10.1. The van der Waals surface area contributed by atoms with Crippen LogP contribution < -0.4 is 15.6 Å². The van der Waals surface area contributed by atoms with Gasteiger partial charge in [-0.2, -0.15) is 5.10 Å². The second kappa shape index (κ2) is 5.00. The normalized spacial score (nSPS) is 16.6. The van der Waals surface area contributed by atoms with Gasteiger partial charge in [-0.3, -0.25) is 4.79 Å². The molecule has 0 radical (unpaired) electrons. The lowest BCUT2D eigenvalue weighted by molar-refractivity contribution is 0.200. The van der Waals surface area contributed by atoms with Gasteiger partial charge in [0.05, 0.1) is 18.4 Å². The molecule has 0 spiro atoms. The molecule has 3 rings (SSSR count). The number of aryl methyl sites for hydroxylation is 1. The highest BCUT2D eigenvalue weighted by atomic mass is 16.5. The zero-order chi connectivity index (χ0) is 14.1. The maximum atomic E-state index is 11.9. The molecule has 2 aromatic rings. The van der Waals surface area contributed by atoms with Crippen molar-refractivity contribution in [2.75, 3.05) is 12.4 Å². The number of benzene rings is 1. The van der Waals surface area contributed by atoms with Gasteiger partial charge in [-0.25, -0.2) is 4.68 Å². The second-order valence-electron chi connectivity index (χ2n) is 5.07. The van der Waals surface area contributed by atoms with Crippen LogP contribution in [-0.2, 0) is 13.0 Å². The lowest BCUT2D eigenvalue weighted by Crippen LogP contribution is -2.30. The van der Waals surface area contributed by atoms with Crippen LogP contribution in [0.1, 0.15) is 11.1 Å². The first-order chi connectivity index (χ1) is 9.65. The Hall–Kier alpha value is -2.30. The van der Waals surface area contributed by atoms with Gasteiger partial charge >= 0.3 is 0 Å². The summed E-state index contributed by atoms with van der Waals surface area (Å²) in [4.78, 5) is 11.9. The van der Waals surface area contributed by atoms with E-state index in [1.807, 2.05) is 12.1 Å². The van der Waals surface area contributed by atoms with E-state index in [-0.39, 0.29) is 11.7 Å². The van der Waals surface area contributed by atoms with Crippen molar-refractivity contribution >= 4 is 5.69 Å². The molecule has 0 saturated heterocycles. The Labute approximate surface area is 117 Å². The summed E-state index contributed by atoms with van der Waals surface area (Å²) in [7, 11) is 1.76. The van der Waals surface area contributed by atoms with Crippen LogP contribution in [0.15, 0.2) is 35.3 Å². The van der Waals surface area contributed by atoms with E-state index in [9.17, 15) is 4.79 Å². The first kappa shape index (κ1) is 12.7. The molecule has 5 heteroatoms. The number of fused-ring (bicyclic) bond motifs is 1. The van der Waals surface area contributed by atoms with E-state index < -0.39 is 0 Å². The highest BCUT2D eigenvalue weighted by Crippen LogP contribution is 2.29. The number of nitrogens with zero attached hydrogens (tertiary/aromatic N) is 2. The number of anilines is 1. The van der Waals surface area contributed by atoms with Crippen molar-refractivity contribution in [3.05, 3.63) is 51.9 Å². The Balaban J connectivity index is 1.76. The van der Waals surface area contributed by atoms with Gasteiger partial charge in [-0.1, -0.05) is 17.7 Å². The van der Waals surface area contributed by atoms with Crippen LogP contribution in [-0.4, -0.2) is 22.9 Å². The molecule has 0 aliphatic carbocycles. The largest absolute Gasteiger partial charge is 0.488 e. The Bertz CT molecular complexity index is 694.